The highest BCUT2D eigenvalue weighted by atomic mass is 16.5. The molecule has 2 fully saturated rings. The van der Waals surface area contributed by atoms with E-state index in [1.807, 2.05) is 0 Å². The topological polar surface area (TPSA) is 94.8 Å². The lowest BCUT2D eigenvalue weighted by Crippen LogP contribution is -2.41. The van der Waals surface area contributed by atoms with E-state index in [1.54, 1.807) is 17.0 Å². The summed E-state index contributed by atoms with van der Waals surface area (Å²) in [6.45, 7) is 2.38. The van der Waals surface area contributed by atoms with Crippen molar-refractivity contribution in [2.75, 3.05) is 26.3 Å². The molecule has 7 nitrogen and oxygen atoms in total. The summed E-state index contributed by atoms with van der Waals surface area (Å²) in [4.78, 5) is 29.5. The second-order valence-electron chi connectivity index (χ2n) is 5.96. The molecule has 0 radical (unpaired) electrons. The number of primary amides is 1. The van der Waals surface area contributed by atoms with E-state index in [2.05, 4.69) is 4.98 Å². The fraction of sp³-hybridized carbons (Fsp3) is 0.562. The van der Waals surface area contributed by atoms with Crippen molar-refractivity contribution >= 4 is 11.8 Å². The molecule has 124 valence electrons. The molecule has 2 N–H and O–H groups in total. The van der Waals surface area contributed by atoms with Gasteiger partial charge in [-0.25, -0.2) is 4.98 Å². The molecule has 2 aliphatic heterocycles. The number of nitrogens with two attached hydrogens (primary N) is 1. The van der Waals surface area contributed by atoms with E-state index in [1.165, 1.54) is 6.20 Å². The number of amides is 2. The van der Waals surface area contributed by atoms with Crippen LogP contribution < -0.4 is 10.5 Å². The molecule has 0 spiro atoms. The van der Waals surface area contributed by atoms with Crippen molar-refractivity contribution in [2.45, 2.75) is 25.4 Å². The molecule has 1 atom stereocenters. The summed E-state index contributed by atoms with van der Waals surface area (Å²) in [6, 6.07) is 3.43. The van der Waals surface area contributed by atoms with E-state index < -0.39 is 0 Å². The average molecular weight is 319 g/mol. The van der Waals surface area contributed by atoms with Crippen LogP contribution in [0.3, 0.4) is 0 Å². The van der Waals surface area contributed by atoms with Crippen LogP contribution in [0.2, 0.25) is 0 Å². The van der Waals surface area contributed by atoms with Crippen LogP contribution >= 0.6 is 0 Å². The molecule has 0 saturated carbocycles. The molecule has 2 aliphatic rings. The lowest BCUT2D eigenvalue weighted by molar-refractivity contribution is -0.123. The second kappa shape index (κ2) is 6.95. The van der Waals surface area contributed by atoms with Gasteiger partial charge in [-0.15, -0.1) is 0 Å². The predicted octanol–water partition coefficient (Wildman–Crippen LogP) is 0.587. The van der Waals surface area contributed by atoms with Crippen LogP contribution in [-0.2, 0) is 9.53 Å². The maximum Gasteiger partial charge on any atom is 0.255 e. The Morgan fingerprint density at radius 3 is 2.61 bits per heavy atom. The number of carbonyl (C=O) groups excluding carboxylic acids is 2. The van der Waals surface area contributed by atoms with E-state index in [4.69, 9.17) is 15.2 Å². The molecular weight excluding hydrogens is 298 g/mol. The zero-order valence-corrected chi connectivity index (χ0v) is 12.9. The van der Waals surface area contributed by atoms with Crippen LogP contribution in [0.4, 0.5) is 0 Å². The molecule has 2 amide bonds. The molecule has 0 unspecified atom stereocenters. The highest BCUT2D eigenvalue weighted by Crippen LogP contribution is 2.20. The summed E-state index contributed by atoms with van der Waals surface area (Å²) in [7, 11) is 0. The number of ether oxygens (including phenoxy) is 2. The standard InChI is InChI=1S/C16H21N3O4/c17-15(20)11-3-6-19(7-4-11)16(21)12-1-2-14(18-9-12)23-13-5-8-22-10-13/h1-2,9,11,13H,3-8,10H2,(H2,17,20)/t13-/m1/s1. The van der Waals surface area contributed by atoms with Crippen LogP contribution in [-0.4, -0.2) is 54.1 Å². The minimum absolute atomic E-state index is 0.0388. The average Bonchev–Trinajstić information content (AvgIpc) is 3.08. The molecular formula is C16H21N3O4. The Bertz CT molecular complexity index is 561. The highest BCUT2D eigenvalue weighted by Gasteiger charge is 2.26. The smallest absolute Gasteiger partial charge is 0.255 e. The maximum atomic E-state index is 12.4. The van der Waals surface area contributed by atoms with Crippen molar-refractivity contribution in [1.29, 1.82) is 0 Å². The Kier molecular flexibility index (Phi) is 4.76. The lowest BCUT2D eigenvalue weighted by Gasteiger charge is -2.30. The second-order valence-corrected chi connectivity index (χ2v) is 5.96. The number of nitrogens with zero attached hydrogens (tertiary/aromatic N) is 2. The minimum Gasteiger partial charge on any atom is -0.472 e. The number of rotatable bonds is 4. The van der Waals surface area contributed by atoms with E-state index in [0.29, 0.717) is 50.6 Å². The van der Waals surface area contributed by atoms with Gasteiger partial charge in [-0.1, -0.05) is 0 Å². The molecule has 0 aromatic carbocycles. The van der Waals surface area contributed by atoms with Gasteiger partial charge >= 0.3 is 0 Å². The Labute approximate surface area is 134 Å². The number of carbonyl (C=O) groups is 2. The van der Waals surface area contributed by atoms with E-state index in [0.717, 1.165) is 6.42 Å². The van der Waals surface area contributed by atoms with Crippen molar-refractivity contribution in [1.82, 2.24) is 9.88 Å². The van der Waals surface area contributed by atoms with Crippen LogP contribution in [0.15, 0.2) is 18.3 Å². The monoisotopic (exact) mass is 319 g/mol. The van der Waals surface area contributed by atoms with Gasteiger partial charge in [0.15, 0.2) is 0 Å². The summed E-state index contributed by atoms with van der Waals surface area (Å²) < 4.78 is 10.9. The molecule has 1 aromatic rings. The van der Waals surface area contributed by atoms with Crippen LogP contribution in [0.25, 0.3) is 0 Å². The third-order valence-corrected chi connectivity index (χ3v) is 4.34. The largest absolute Gasteiger partial charge is 0.472 e. The van der Waals surface area contributed by atoms with Crippen LogP contribution in [0, 0.1) is 5.92 Å². The first-order valence-electron chi connectivity index (χ1n) is 7.92. The molecule has 0 aliphatic carbocycles. The van der Waals surface area contributed by atoms with Gasteiger partial charge in [0, 0.05) is 37.7 Å². The van der Waals surface area contributed by atoms with Gasteiger partial charge in [0.2, 0.25) is 11.8 Å². The van der Waals surface area contributed by atoms with Crippen molar-refractivity contribution in [3.63, 3.8) is 0 Å². The normalized spacial score (nSPS) is 22.1. The van der Waals surface area contributed by atoms with Gasteiger partial charge in [0.05, 0.1) is 18.8 Å². The third-order valence-electron chi connectivity index (χ3n) is 4.34. The number of hydrogen-bond acceptors (Lipinski definition) is 5. The Morgan fingerprint density at radius 1 is 1.26 bits per heavy atom. The summed E-state index contributed by atoms with van der Waals surface area (Å²) in [5, 5.41) is 0. The van der Waals surface area contributed by atoms with Crippen molar-refractivity contribution < 1.29 is 19.1 Å². The van der Waals surface area contributed by atoms with Crippen molar-refractivity contribution in [3.05, 3.63) is 23.9 Å². The third kappa shape index (κ3) is 3.79. The minimum atomic E-state index is -0.281. The first kappa shape index (κ1) is 15.7. The van der Waals surface area contributed by atoms with Crippen LogP contribution in [0.5, 0.6) is 5.88 Å². The van der Waals surface area contributed by atoms with E-state index >= 15 is 0 Å². The Morgan fingerprint density at radius 2 is 2.04 bits per heavy atom. The summed E-state index contributed by atoms with van der Waals surface area (Å²) in [5.74, 6) is 0.0263. The molecule has 2 saturated heterocycles. The number of likely N-dealkylation sites (tertiary alicyclic amines) is 1. The van der Waals surface area contributed by atoms with Crippen molar-refractivity contribution in [3.8, 4) is 5.88 Å². The molecule has 23 heavy (non-hydrogen) atoms. The fourth-order valence-electron chi connectivity index (χ4n) is 2.90. The predicted molar refractivity (Wildman–Crippen MR) is 81.9 cm³/mol. The quantitative estimate of drug-likeness (QED) is 0.876. The summed E-state index contributed by atoms with van der Waals surface area (Å²) >= 11 is 0. The zero-order valence-electron chi connectivity index (χ0n) is 12.9. The van der Waals surface area contributed by atoms with E-state index in [9.17, 15) is 9.59 Å². The first-order chi connectivity index (χ1) is 11.1. The van der Waals surface area contributed by atoms with Gasteiger partial charge in [-0.3, -0.25) is 9.59 Å². The molecule has 3 heterocycles. The summed E-state index contributed by atoms with van der Waals surface area (Å²) in [5.41, 5.74) is 5.83. The van der Waals surface area contributed by atoms with Crippen molar-refractivity contribution in [2.24, 2.45) is 11.7 Å². The first-order valence-corrected chi connectivity index (χ1v) is 7.92. The molecule has 3 rings (SSSR count). The number of pyridine rings is 1. The molecule has 1 aromatic heterocycles. The van der Waals surface area contributed by atoms with Gasteiger partial charge in [-0.05, 0) is 18.9 Å². The van der Waals surface area contributed by atoms with Gasteiger partial charge in [0.25, 0.3) is 5.91 Å². The fourth-order valence-corrected chi connectivity index (χ4v) is 2.90. The number of piperidine rings is 1. The SMILES string of the molecule is NC(=O)C1CCN(C(=O)c2ccc(O[C@@H]3CCOC3)nc2)CC1. The molecule has 0 bridgehead atoms. The number of aromatic nitrogens is 1. The van der Waals surface area contributed by atoms with Gasteiger partial charge in [0.1, 0.15) is 6.10 Å². The number of hydrogen-bond donors (Lipinski definition) is 1. The molecule has 7 heteroatoms. The Hall–Kier alpha value is -2.15. The highest BCUT2D eigenvalue weighted by molar-refractivity contribution is 5.94. The zero-order chi connectivity index (χ0) is 16.2. The maximum absolute atomic E-state index is 12.4. The van der Waals surface area contributed by atoms with Crippen LogP contribution in [0.1, 0.15) is 29.6 Å². The van der Waals surface area contributed by atoms with Gasteiger partial charge < -0.3 is 20.1 Å². The van der Waals surface area contributed by atoms with E-state index in [-0.39, 0.29) is 23.8 Å². The Balaban J connectivity index is 1.56. The summed E-state index contributed by atoms with van der Waals surface area (Å²) in [6.07, 6.45) is 3.68. The lowest BCUT2D eigenvalue weighted by atomic mass is 9.96. The van der Waals surface area contributed by atoms with Gasteiger partial charge in [-0.2, -0.15) is 0 Å².